The zero-order valence-electron chi connectivity index (χ0n) is 8.78. The fourth-order valence-electron chi connectivity index (χ4n) is 1.91. The van der Waals surface area contributed by atoms with E-state index in [-0.39, 0.29) is 0 Å². The van der Waals surface area contributed by atoms with Crippen LogP contribution in [0.5, 0.6) is 0 Å². The molecule has 1 aliphatic carbocycles. The monoisotopic (exact) mass is 216 g/mol. The van der Waals surface area contributed by atoms with Crippen LogP contribution in [0.1, 0.15) is 39.0 Å². The van der Waals surface area contributed by atoms with E-state index < -0.39 is 0 Å². The molecule has 0 bridgehead atoms. The summed E-state index contributed by atoms with van der Waals surface area (Å²) in [5, 5.41) is 12.1. The predicted octanol–water partition coefficient (Wildman–Crippen LogP) is 2.43. The molecule has 0 saturated heterocycles. The summed E-state index contributed by atoms with van der Waals surface area (Å²) >= 11 is 1.97. The van der Waals surface area contributed by atoms with E-state index in [4.69, 9.17) is 10.9 Å². The van der Waals surface area contributed by atoms with Crippen LogP contribution in [0, 0.1) is 5.92 Å². The lowest BCUT2D eigenvalue weighted by Gasteiger charge is -2.26. The van der Waals surface area contributed by atoms with Crippen LogP contribution in [0.3, 0.4) is 0 Å². The molecule has 3 N–H and O–H groups in total. The van der Waals surface area contributed by atoms with Gasteiger partial charge in [0.2, 0.25) is 0 Å². The van der Waals surface area contributed by atoms with E-state index >= 15 is 0 Å². The van der Waals surface area contributed by atoms with E-state index in [1.807, 2.05) is 11.8 Å². The Labute approximate surface area is 90.1 Å². The molecule has 1 saturated carbocycles. The Morgan fingerprint density at radius 1 is 1.57 bits per heavy atom. The maximum Gasteiger partial charge on any atom is 0.139 e. The summed E-state index contributed by atoms with van der Waals surface area (Å²) in [7, 11) is 0. The normalized spacial score (nSPS) is 29.1. The predicted molar refractivity (Wildman–Crippen MR) is 61.9 cm³/mol. The second-order valence-electron chi connectivity index (χ2n) is 4.11. The van der Waals surface area contributed by atoms with Crippen LogP contribution >= 0.6 is 11.8 Å². The minimum absolute atomic E-state index is 0.348. The maximum atomic E-state index is 8.37. The molecule has 0 amide bonds. The molecule has 0 radical (unpaired) electrons. The highest BCUT2D eigenvalue weighted by atomic mass is 32.2. The molecule has 14 heavy (non-hydrogen) atoms. The summed E-state index contributed by atoms with van der Waals surface area (Å²) in [4.78, 5) is 0. The Hall–Kier alpha value is -0.380. The van der Waals surface area contributed by atoms with Crippen molar-refractivity contribution in [2.45, 2.75) is 44.3 Å². The molecule has 0 aliphatic heterocycles. The number of hydrogen-bond donors (Lipinski definition) is 2. The highest BCUT2D eigenvalue weighted by molar-refractivity contribution is 7.99. The first-order valence-electron chi connectivity index (χ1n) is 5.30. The summed E-state index contributed by atoms with van der Waals surface area (Å²) in [6.45, 7) is 2.33. The Balaban J connectivity index is 2.11. The Kier molecular flexibility index (Phi) is 5.15. The van der Waals surface area contributed by atoms with Crippen molar-refractivity contribution in [1.29, 1.82) is 0 Å². The van der Waals surface area contributed by atoms with Gasteiger partial charge in [0.1, 0.15) is 5.84 Å². The first-order valence-corrected chi connectivity index (χ1v) is 6.35. The molecular formula is C10H20N2OS. The van der Waals surface area contributed by atoms with Crippen molar-refractivity contribution in [3.8, 4) is 0 Å². The Morgan fingerprint density at radius 3 is 3.00 bits per heavy atom. The largest absolute Gasteiger partial charge is 0.409 e. The number of nitrogens with two attached hydrogens (primary N) is 1. The molecule has 1 rings (SSSR count). The van der Waals surface area contributed by atoms with E-state index in [1.54, 1.807) is 0 Å². The van der Waals surface area contributed by atoms with E-state index in [1.165, 1.54) is 25.7 Å². The fraction of sp³-hybridized carbons (Fsp3) is 0.900. The molecule has 0 aromatic heterocycles. The van der Waals surface area contributed by atoms with E-state index in [2.05, 4.69) is 12.1 Å². The number of rotatable bonds is 4. The zero-order chi connectivity index (χ0) is 10.4. The third kappa shape index (κ3) is 4.22. The van der Waals surface area contributed by atoms with Crippen molar-refractivity contribution in [2.75, 3.05) is 5.75 Å². The van der Waals surface area contributed by atoms with Gasteiger partial charge in [-0.25, -0.2) is 0 Å². The van der Waals surface area contributed by atoms with Crippen LogP contribution in [0.15, 0.2) is 5.16 Å². The van der Waals surface area contributed by atoms with E-state index in [0.29, 0.717) is 12.3 Å². The zero-order valence-corrected chi connectivity index (χ0v) is 9.59. The third-order valence-electron chi connectivity index (χ3n) is 2.73. The van der Waals surface area contributed by atoms with Gasteiger partial charge >= 0.3 is 0 Å². The molecule has 1 aliphatic rings. The summed E-state index contributed by atoms with van der Waals surface area (Å²) in [6, 6.07) is 0. The van der Waals surface area contributed by atoms with Crippen LogP contribution in [0.4, 0.5) is 0 Å². The van der Waals surface area contributed by atoms with E-state index in [0.717, 1.165) is 16.9 Å². The van der Waals surface area contributed by atoms with Gasteiger partial charge in [-0.1, -0.05) is 24.9 Å². The van der Waals surface area contributed by atoms with Gasteiger partial charge in [-0.15, -0.1) is 0 Å². The Morgan fingerprint density at radius 2 is 2.36 bits per heavy atom. The molecule has 0 spiro atoms. The molecule has 3 nitrogen and oxygen atoms in total. The van der Waals surface area contributed by atoms with Crippen LogP contribution < -0.4 is 5.73 Å². The summed E-state index contributed by atoms with van der Waals surface area (Å²) < 4.78 is 0. The maximum absolute atomic E-state index is 8.37. The molecule has 0 heterocycles. The van der Waals surface area contributed by atoms with E-state index in [9.17, 15) is 0 Å². The molecule has 2 unspecified atom stereocenters. The average Bonchev–Trinajstić information content (AvgIpc) is 2.17. The van der Waals surface area contributed by atoms with Gasteiger partial charge in [-0.3, -0.25) is 0 Å². The minimum atomic E-state index is 0.348. The average molecular weight is 216 g/mol. The summed E-state index contributed by atoms with van der Waals surface area (Å²) in [5.74, 6) is 2.21. The number of thioether (sulfide) groups is 1. The van der Waals surface area contributed by atoms with Crippen molar-refractivity contribution < 1.29 is 5.21 Å². The van der Waals surface area contributed by atoms with Crippen molar-refractivity contribution in [1.82, 2.24) is 0 Å². The molecule has 1 fully saturated rings. The van der Waals surface area contributed by atoms with Crippen molar-refractivity contribution in [3.63, 3.8) is 0 Å². The first-order chi connectivity index (χ1) is 6.72. The van der Waals surface area contributed by atoms with Gasteiger partial charge in [-0.05, 0) is 18.8 Å². The lowest BCUT2D eigenvalue weighted by molar-refractivity contribution is 0.317. The molecule has 4 heteroatoms. The molecule has 0 aromatic carbocycles. The first kappa shape index (κ1) is 11.7. The van der Waals surface area contributed by atoms with Gasteiger partial charge in [0.05, 0.1) is 0 Å². The molecule has 82 valence electrons. The number of amidine groups is 1. The second-order valence-corrected chi connectivity index (χ2v) is 5.51. The highest BCUT2D eigenvalue weighted by Gasteiger charge is 2.18. The fourth-order valence-corrected chi connectivity index (χ4v) is 3.37. The van der Waals surface area contributed by atoms with Crippen LogP contribution in [0.25, 0.3) is 0 Å². The van der Waals surface area contributed by atoms with Gasteiger partial charge < -0.3 is 10.9 Å². The molecule has 0 aromatic rings. The smallest absolute Gasteiger partial charge is 0.139 e. The van der Waals surface area contributed by atoms with Gasteiger partial charge in [-0.2, -0.15) is 11.8 Å². The van der Waals surface area contributed by atoms with Crippen molar-refractivity contribution in [2.24, 2.45) is 16.8 Å². The van der Waals surface area contributed by atoms with Crippen LogP contribution in [-0.4, -0.2) is 22.0 Å². The number of nitrogens with zero attached hydrogens (tertiary/aromatic N) is 1. The summed E-state index contributed by atoms with van der Waals surface area (Å²) in [6.07, 6.45) is 6.12. The minimum Gasteiger partial charge on any atom is -0.409 e. The standard InChI is InChI=1S/C10H20N2OS/c1-8-3-2-4-9(7-8)14-6-5-10(11)12-13/h8-9,13H,2-7H2,1H3,(H2,11,12). The van der Waals surface area contributed by atoms with Gasteiger partial charge in [0, 0.05) is 17.4 Å². The SMILES string of the molecule is CC1CCCC(SCCC(N)=NO)C1. The molecular weight excluding hydrogens is 196 g/mol. The lowest BCUT2D eigenvalue weighted by atomic mass is 9.91. The topological polar surface area (TPSA) is 58.6 Å². The lowest BCUT2D eigenvalue weighted by Crippen LogP contribution is -2.17. The number of hydrogen-bond acceptors (Lipinski definition) is 3. The second kappa shape index (κ2) is 6.17. The van der Waals surface area contributed by atoms with Gasteiger partial charge in [0.25, 0.3) is 0 Å². The van der Waals surface area contributed by atoms with Crippen molar-refractivity contribution in [3.05, 3.63) is 0 Å². The van der Waals surface area contributed by atoms with Gasteiger partial charge in [0.15, 0.2) is 0 Å². The van der Waals surface area contributed by atoms with Crippen LogP contribution in [-0.2, 0) is 0 Å². The van der Waals surface area contributed by atoms with Crippen molar-refractivity contribution >= 4 is 17.6 Å². The molecule has 2 atom stereocenters. The Bertz CT molecular complexity index is 197. The van der Waals surface area contributed by atoms with Crippen LogP contribution in [0.2, 0.25) is 0 Å². The summed E-state index contributed by atoms with van der Waals surface area (Å²) in [5.41, 5.74) is 5.40. The number of oxime groups is 1. The highest BCUT2D eigenvalue weighted by Crippen LogP contribution is 2.31. The quantitative estimate of drug-likeness (QED) is 0.328. The third-order valence-corrected chi connectivity index (χ3v) is 4.07.